The molecule has 0 rings (SSSR count). The van der Waals surface area contributed by atoms with Gasteiger partial charge >= 0.3 is 11.9 Å². The first-order chi connectivity index (χ1) is 39.0. The van der Waals surface area contributed by atoms with Gasteiger partial charge in [0.25, 0.3) is 7.82 Å². The van der Waals surface area contributed by atoms with E-state index >= 15 is 0 Å². The van der Waals surface area contributed by atoms with Crippen LogP contribution in [0.5, 0.6) is 0 Å². The summed E-state index contributed by atoms with van der Waals surface area (Å²) in [6, 6.07) is 0. The Kier molecular flexibility index (Phi) is 57.3. The first-order valence-corrected chi connectivity index (χ1v) is 33.7. The van der Waals surface area contributed by atoms with Crippen molar-refractivity contribution in [3.05, 3.63) is 122 Å². The van der Waals surface area contributed by atoms with Crippen LogP contribution in [0.4, 0.5) is 0 Å². The van der Waals surface area contributed by atoms with Gasteiger partial charge in [-0.15, -0.1) is 0 Å². The highest BCUT2D eigenvalue weighted by Gasteiger charge is 2.22. The highest BCUT2D eigenvalue weighted by Crippen LogP contribution is 2.38. The lowest BCUT2D eigenvalue weighted by Gasteiger charge is -2.28. The number of unbranched alkanes of at least 4 members (excludes halogenated alkanes) is 24. The molecule has 0 aromatic rings. The van der Waals surface area contributed by atoms with Gasteiger partial charge in [-0.1, -0.05) is 264 Å². The van der Waals surface area contributed by atoms with Gasteiger partial charge in [-0.3, -0.25) is 14.2 Å². The van der Waals surface area contributed by atoms with Crippen LogP contribution in [0.1, 0.15) is 258 Å². The van der Waals surface area contributed by atoms with Gasteiger partial charge in [0.2, 0.25) is 0 Å². The van der Waals surface area contributed by atoms with Crippen LogP contribution in [-0.4, -0.2) is 70.0 Å². The molecule has 2 unspecified atom stereocenters. The van der Waals surface area contributed by atoms with E-state index in [2.05, 4.69) is 135 Å². The minimum Gasteiger partial charge on any atom is -0.756 e. The fraction of sp³-hybridized carbons (Fsp3) is 0.686. The molecule has 2 atom stereocenters. The van der Waals surface area contributed by atoms with E-state index in [-0.39, 0.29) is 32.0 Å². The summed E-state index contributed by atoms with van der Waals surface area (Å²) in [5, 5.41) is 0. The molecule has 0 aliphatic rings. The van der Waals surface area contributed by atoms with Crippen LogP contribution in [0.2, 0.25) is 0 Å². The Morgan fingerprint density at radius 1 is 0.388 bits per heavy atom. The molecule has 0 aromatic carbocycles. The van der Waals surface area contributed by atoms with Gasteiger partial charge in [0.1, 0.15) is 19.8 Å². The third-order valence-electron chi connectivity index (χ3n) is 13.5. The molecule has 0 aliphatic heterocycles. The highest BCUT2D eigenvalue weighted by molar-refractivity contribution is 7.45. The molecule has 10 heteroatoms. The lowest BCUT2D eigenvalue weighted by atomic mass is 10.0. The molecular weight excluding hydrogens is 1010 g/mol. The predicted molar refractivity (Wildman–Crippen MR) is 341 cm³/mol. The molecule has 0 radical (unpaired) electrons. The standard InChI is InChI=1S/C70H120NO8P/c1-6-8-10-12-14-16-18-20-22-24-26-28-30-32-34-35-37-38-40-42-44-46-48-50-52-54-56-58-60-62-69(72)76-66-68(67-78-80(74,75)77-65-64-71(3,4)5)79-70(73)63-61-59-57-55-53-51-49-47-45-43-41-39-36-33-31-29-27-25-23-21-19-17-15-13-11-9-7-2/h8-11,14-17,20-23,26-29,33,36,41,43,68H,6-7,12-13,18-19,24-25,30-32,34-35,37-40,42,44-67H2,1-5H3/b10-8-,11-9-,16-14-,17-15-,22-20-,23-21-,28-26-,29-27-,36-33-,43-41-. The molecule has 0 saturated heterocycles. The van der Waals surface area contributed by atoms with Crippen LogP contribution in [0.25, 0.3) is 0 Å². The number of rotatable bonds is 58. The minimum atomic E-state index is -4.65. The van der Waals surface area contributed by atoms with Gasteiger partial charge < -0.3 is 27.9 Å². The molecule has 0 heterocycles. The quantitative estimate of drug-likeness (QED) is 0.0195. The maximum Gasteiger partial charge on any atom is 0.306 e. The summed E-state index contributed by atoms with van der Waals surface area (Å²) >= 11 is 0. The SMILES string of the molecule is CC/C=C\C/C=C\C/C=C\C/C=C\C/C=C\C/C=C\CCCCCCCCCCC(=O)OC(COC(=O)CCCCCCCCCCCCCCCCCC/C=C\C/C=C\C/C=C\C/C=C\CC)COP(=O)([O-])OCC[N+](C)(C)C. The molecule has 0 N–H and O–H groups in total. The molecule has 0 aromatic heterocycles. The molecule has 0 bridgehead atoms. The molecule has 0 aliphatic carbocycles. The maximum absolute atomic E-state index is 12.8. The van der Waals surface area contributed by atoms with Crippen LogP contribution in [-0.2, 0) is 32.7 Å². The highest BCUT2D eigenvalue weighted by atomic mass is 31.2. The number of hydrogen-bond acceptors (Lipinski definition) is 8. The smallest absolute Gasteiger partial charge is 0.306 e. The largest absolute Gasteiger partial charge is 0.756 e. The van der Waals surface area contributed by atoms with Crippen molar-refractivity contribution in [3.8, 4) is 0 Å². The first-order valence-electron chi connectivity index (χ1n) is 32.2. The summed E-state index contributed by atoms with van der Waals surface area (Å²) < 4.78 is 34.3. The van der Waals surface area contributed by atoms with Gasteiger partial charge in [0.15, 0.2) is 6.10 Å². The van der Waals surface area contributed by atoms with Gasteiger partial charge in [-0.05, 0) is 103 Å². The van der Waals surface area contributed by atoms with E-state index in [9.17, 15) is 19.0 Å². The Labute approximate surface area is 492 Å². The molecule has 0 saturated carbocycles. The lowest BCUT2D eigenvalue weighted by molar-refractivity contribution is -0.870. The second-order valence-electron chi connectivity index (χ2n) is 22.4. The number of carbonyl (C=O) groups is 2. The van der Waals surface area contributed by atoms with Crippen molar-refractivity contribution in [1.29, 1.82) is 0 Å². The van der Waals surface area contributed by atoms with Gasteiger partial charge in [0, 0.05) is 12.8 Å². The third-order valence-corrected chi connectivity index (χ3v) is 14.4. The Bertz CT molecular complexity index is 1760. The molecule has 0 fully saturated rings. The van der Waals surface area contributed by atoms with E-state index in [1.807, 2.05) is 21.1 Å². The zero-order valence-electron chi connectivity index (χ0n) is 52.0. The monoisotopic (exact) mass is 1130 g/mol. The summed E-state index contributed by atoms with van der Waals surface area (Å²) in [4.78, 5) is 38.0. The van der Waals surface area contributed by atoms with Crippen molar-refractivity contribution in [2.75, 3.05) is 47.5 Å². The van der Waals surface area contributed by atoms with Crippen molar-refractivity contribution >= 4 is 19.8 Å². The molecule has 9 nitrogen and oxygen atoms in total. The summed E-state index contributed by atoms with van der Waals surface area (Å²) in [6.45, 7) is 4.01. The number of quaternary nitrogens is 1. The number of likely N-dealkylation sites (N-methyl/N-ethyl adjacent to an activating group) is 1. The average molecular weight is 1130 g/mol. The van der Waals surface area contributed by atoms with Crippen molar-refractivity contribution in [3.63, 3.8) is 0 Å². The zero-order valence-corrected chi connectivity index (χ0v) is 52.9. The van der Waals surface area contributed by atoms with Crippen LogP contribution < -0.4 is 4.89 Å². The van der Waals surface area contributed by atoms with Crippen molar-refractivity contribution < 1.29 is 42.1 Å². The molecule has 80 heavy (non-hydrogen) atoms. The summed E-state index contributed by atoms with van der Waals surface area (Å²) in [5.74, 6) is -0.844. The first kappa shape index (κ1) is 76.4. The van der Waals surface area contributed by atoms with Gasteiger partial charge in [0.05, 0.1) is 27.7 Å². The number of phosphoric acid groups is 1. The Morgan fingerprint density at radius 2 is 0.675 bits per heavy atom. The Morgan fingerprint density at radius 3 is 1.00 bits per heavy atom. The average Bonchev–Trinajstić information content (AvgIpc) is 3.42. The van der Waals surface area contributed by atoms with E-state index in [0.717, 1.165) is 109 Å². The summed E-state index contributed by atoms with van der Waals surface area (Å²) in [7, 11) is 1.15. The normalized spacial score (nSPS) is 14.0. The number of allylic oxidation sites excluding steroid dienone is 20. The van der Waals surface area contributed by atoms with Gasteiger partial charge in [-0.2, -0.15) is 0 Å². The van der Waals surface area contributed by atoms with Crippen molar-refractivity contribution in [2.45, 2.75) is 264 Å². The van der Waals surface area contributed by atoms with Crippen molar-refractivity contribution in [2.24, 2.45) is 0 Å². The second kappa shape index (κ2) is 60.0. The number of ether oxygens (including phenoxy) is 2. The van der Waals surface area contributed by atoms with Crippen LogP contribution in [0, 0.1) is 0 Å². The third kappa shape index (κ3) is 63.6. The Balaban J connectivity index is 4.13. The van der Waals surface area contributed by atoms with Crippen LogP contribution >= 0.6 is 7.82 Å². The maximum atomic E-state index is 12.8. The predicted octanol–water partition coefficient (Wildman–Crippen LogP) is 20.1. The van der Waals surface area contributed by atoms with Gasteiger partial charge in [-0.25, -0.2) is 0 Å². The van der Waals surface area contributed by atoms with Crippen molar-refractivity contribution in [1.82, 2.24) is 0 Å². The number of hydrogen-bond donors (Lipinski definition) is 0. The van der Waals surface area contributed by atoms with E-state index in [1.165, 1.54) is 116 Å². The fourth-order valence-corrected chi connectivity index (χ4v) is 9.32. The number of nitrogens with zero attached hydrogens (tertiary/aromatic N) is 1. The van der Waals surface area contributed by atoms with E-state index in [4.69, 9.17) is 18.5 Å². The van der Waals surface area contributed by atoms with E-state index in [1.54, 1.807) is 0 Å². The van der Waals surface area contributed by atoms with Crippen LogP contribution in [0.15, 0.2) is 122 Å². The van der Waals surface area contributed by atoms with E-state index in [0.29, 0.717) is 17.4 Å². The fourth-order valence-electron chi connectivity index (χ4n) is 8.59. The number of carbonyl (C=O) groups excluding carboxylic acids is 2. The molecule has 0 spiro atoms. The number of phosphoric ester groups is 1. The summed E-state index contributed by atoms with van der Waals surface area (Å²) in [5.41, 5.74) is 0. The van der Waals surface area contributed by atoms with E-state index < -0.39 is 26.5 Å². The molecule has 458 valence electrons. The molecular formula is C70H120NO8P. The topological polar surface area (TPSA) is 111 Å². The molecule has 0 amide bonds. The minimum absolute atomic E-state index is 0.0378. The second-order valence-corrected chi connectivity index (χ2v) is 23.8. The number of esters is 2. The summed E-state index contributed by atoms with van der Waals surface area (Å²) in [6.07, 6.45) is 85.4. The Hall–Kier alpha value is -3.59. The zero-order chi connectivity index (χ0) is 58.4. The van der Waals surface area contributed by atoms with Crippen LogP contribution in [0.3, 0.4) is 0 Å². The lowest BCUT2D eigenvalue weighted by Crippen LogP contribution is -2.37.